The molecule has 9 nitrogen and oxygen atoms in total. The van der Waals surface area contributed by atoms with Crippen molar-refractivity contribution in [2.75, 3.05) is 47.5 Å². The van der Waals surface area contributed by atoms with Gasteiger partial charge in [0.15, 0.2) is 6.10 Å². The molecule has 0 aliphatic heterocycles. The molecule has 0 radical (unpaired) electrons. The van der Waals surface area contributed by atoms with Gasteiger partial charge in [0, 0.05) is 12.8 Å². The number of hydrogen-bond donors (Lipinski definition) is 1. The van der Waals surface area contributed by atoms with E-state index >= 15 is 0 Å². The van der Waals surface area contributed by atoms with Gasteiger partial charge in [-0.3, -0.25) is 9.59 Å². The number of carboxylic acids is 1. The molecule has 9 heteroatoms. The molecule has 85 heavy (non-hydrogen) atoms. The fourth-order valence-electron chi connectivity index (χ4n) is 8.96. The summed E-state index contributed by atoms with van der Waals surface area (Å²) in [6.07, 6.45) is 92.4. The van der Waals surface area contributed by atoms with Crippen LogP contribution in [0.5, 0.6) is 0 Å². The van der Waals surface area contributed by atoms with Gasteiger partial charge < -0.3 is 28.5 Å². The Kier molecular flexibility index (Phi) is 61.4. The maximum Gasteiger partial charge on any atom is 0.361 e. The fourth-order valence-corrected chi connectivity index (χ4v) is 8.96. The fraction of sp³-hybridized carbons (Fsp3) is 0.645. The topological polar surface area (TPSA) is 108 Å². The van der Waals surface area contributed by atoms with Gasteiger partial charge >= 0.3 is 17.9 Å². The second-order valence-corrected chi connectivity index (χ2v) is 23.4. The van der Waals surface area contributed by atoms with Gasteiger partial charge in [0.1, 0.15) is 13.2 Å². The Labute approximate surface area is 522 Å². The Morgan fingerprint density at radius 1 is 0.353 bits per heavy atom. The number of carbonyl (C=O) groups is 3. The maximum absolute atomic E-state index is 12.9. The van der Waals surface area contributed by atoms with Crippen molar-refractivity contribution < 1.29 is 42.9 Å². The second-order valence-electron chi connectivity index (χ2n) is 23.4. The monoisotopic (exact) mass is 1180 g/mol. The Morgan fingerprint density at radius 3 is 0.953 bits per heavy atom. The third-order valence-electron chi connectivity index (χ3n) is 14.1. The van der Waals surface area contributed by atoms with E-state index in [1.54, 1.807) is 0 Å². The molecule has 1 N–H and O–H groups in total. The summed E-state index contributed by atoms with van der Waals surface area (Å²) in [6, 6.07) is 0. The van der Waals surface area contributed by atoms with E-state index in [2.05, 4.69) is 160 Å². The highest BCUT2D eigenvalue weighted by Gasteiger charge is 2.25. The molecule has 0 aromatic carbocycles. The summed E-state index contributed by atoms with van der Waals surface area (Å²) < 4.78 is 22.9. The van der Waals surface area contributed by atoms with Gasteiger partial charge in [0.2, 0.25) is 0 Å². The molecule has 0 bridgehead atoms. The smallest absolute Gasteiger partial charge is 0.361 e. The summed E-state index contributed by atoms with van der Waals surface area (Å²) in [7, 11) is 5.96. The predicted octanol–water partition coefficient (Wildman–Crippen LogP) is 21.1. The van der Waals surface area contributed by atoms with Gasteiger partial charge in [-0.1, -0.05) is 275 Å². The number of hydrogen-bond acceptors (Lipinski definition) is 7. The first-order valence-electron chi connectivity index (χ1n) is 34.0. The summed E-state index contributed by atoms with van der Waals surface area (Å²) >= 11 is 0. The standard InChI is InChI=1S/C76H125NO8/c1-6-8-10-12-14-16-18-20-22-24-26-28-30-32-33-34-35-36-37-38-39-40-41-43-44-46-48-50-52-54-56-58-60-62-64-66-73(78)83-70-72(71-84-76(75(80)81)82-69-68-77(3,4)5)85-74(79)67-65-63-61-59-57-55-53-51-49-47-45-42-31-29-27-25-23-21-19-17-15-13-11-9-7-2/h8-11,14-17,20-23,26-29,32-33,42,45,49,51,55,57,72,76H,6-7,12-13,18-19,24-25,30-31,34-41,43-44,46-48,50,52-54,56,58-71H2,1-5H3/p+1/b10-8-,11-9-,16-14-,17-15-,22-20-,23-21-,28-26-,29-27-,33-32-,45-42-,51-49-,57-55-. The number of allylic oxidation sites excluding steroid dienone is 24. The van der Waals surface area contributed by atoms with E-state index in [9.17, 15) is 19.5 Å². The highest BCUT2D eigenvalue weighted by molar-refractivity contribution is 5.71. The van der Waals surface area contributed by atoms with E-state index in [4.69, 9.17) is 18.9 Å². The molecule has 0 aromatic rings. The Balaban J connectivity index is 4.17. The molecule has 0 saturated carbocycles. The first-order chi connectivity index (χ1) is 41.6. The van der Waals surface area contributed by atoms with Crippen LogP contribution in [0.3, 0.4) is 0 Å². The van der Waals surface area contributed by atoms with Gasteiger partial charge in [-0.2, -0.15) is 0 Å². The summed E-state index contributed by atoms with van der Waals surface area (Å²) in [5.41, 5.74) is 0. The molecule has 0 heterocycles. The van der Waals surface area contributed by atoms with E-state index in [0.717, 1.165) is 116 Å². The minimum atomic E-state index is -1.53. The highest BCUT2D eigenvalue weighted by atomic mass is 16.7. The van der Waals surface area contributed by atoms with Gasteiger partial charge in [0.25, 0.3) is 6.29 Å². The van der Waals surface area contributed by atoms with Crippen LogP contribution in [0.15, 0.2) is 146 Å². The molecule has 0 saturated heterocycles. The van der Waals surface area contributed by atoms with Crippen molar-refractivity contribution in [2.24, 2.45) is 0 Å². The van der Waals surface area contributed by atoms with Crippen LogP contribution in [0.25, 0.3) is 0 Å². The molecular formula is C76H126NO8+. The van der Waals surface area contributed by atoms with Crippen molar-refractivity contribution in [3.05, 3.63) is 146 Å². The zero-order chi connectivity index (χ0) is 61.9. The number of quaternary nitrogens is 1. The normalized spacial score (nSPS) is 13.7. The third kappa shape index (κ3) is 66.5. The minimum absolute atomic E-state index is 0.174. The number of rotatable bonds is 61. The van der Waals surface area contributed by atoms with Crippen molar-refractivity contribution in [1.29, 1.82) is 0 Å². The number of esters is 2. The lowest BCUT2D eigenvalue weighted by atomic mass is 10.0. The maximum atomic E-state index is 12.9. The molecule has 2 unspecified atom stereocenters. The van der Waals surface area contributed by atoms with Crippen molar-refractivity contribution in [3.8, 4) is 0 Å². The number of aliphatic carboxylic acids is 1. The second kappa shape index (κ2) is 65.2. The molecule has 0 fully saturated rings. The lowest BCUT2D eigenvalue weighted by Gasteiger charge is -2.25. The van der Waals surface area contributed by atoms with Gasteiger partial charge in [-0.05, 0) is 116 Å². The van der Waals surface area contributed by atoms with Gasteiger partial charge in [0.05, 0.1) is 34.4 Å². The number of nitrogens with zero attached hydrogens (tertiary/aromatic N) is 1. The van der Waals surface area contributed by atoms with Crippen LogP contribution in [-0.2, 0) is 33.3 Å². The van der Waals surface area contributed by atoms with Gasteiger partial charge in [-0.25, -0.2) is 4.79 Å². The quantitative estimate of drug-likeness (QED) is 0.0211. The number of carboxylic acid groups (broad SMARTS) is 1. The van der Waals surface area contributed by atoms with Crippen LogP contribution in [0.2, 0.25) is 0 Å². The molecule has 0 aliphatic rings. The molecule has 0 rings (SSSR count). The average molecular weight is 1180 g/mol. The Hall–Kier alpha value is -4.83. The minimum Gasteiger partial charge on any atom is -0.477 e. The van der Waals surface area contributed by atoms with Crippen LogP contribution in [-0.4, -0.2) is 87.4 Å². The summed E-state index contributed by atoms with van der Waals surface area (Å²) in [6.45, 7) is 4.61. The van der Waals surface area contributed by atoms with Crippen LogP contribution >= 0.6 is 0 Å². The molecule has 0 aromatic heterocycles. The number of carbonyl (C=O) groups excluding carboxylic acids is 2. The Morgan fingerprint density at radius 2 is 0.635 bits per heavy atom. The average Bonchev–Trinajstić information content (AvgIpc) is 3.49. The van der Waals surface area contributed by atoms with E-state index in [1.165, 1.54) is 109 Å². The molecular weight excluding hydrogens is 1050 g/mol. The van der Waals surface area contributed by atoms with E-state index in [1.807, 2.05) is 21.1 Å². The SMILES string of the molecule is CC/C=C\C/C=C\C/C=C\C/C=C\C/C=C\C/C=C\C/C=C\CCCCCC(=O)OC(COC(=O)CCCCCCCCCCCCCCCCCCCCC/C=C\C/C=C\C/C=C\C/C=C\C/C=C\CC)COC(OCC[N+](C)(C)C)C(=O)O. The number of ether oxygens (including phenoxy) is 4. The summed E-state index contributed by atoms with van der Waals surface area (Å²) in [5.74, 6) is -2.06. The molecule has 0 amide bonds. The number of likely N-dealkylation sites (N-methyl/N-ethyl adjacent to an activating group) is 1. The van der Waals surface area contributed by atoms with Crippen LogP contribution in [0.4, 0.5) is 0 Å². The van der Waals surface area contributed by atoms with Crippen LogP contribution < -0.4 is 0 Å². The van der Waals surface area contributed by atoms with Crippen LogP contribution in [0.1, 0.15) is 258 Å². The lowest BCUT2D eigenvalue weighted by Crippen LogP contribution is -2.40. The third-order valence-corrected chi connectivity index (χ3v) is 14.1. The van der Waals surface area contributed by atoms with Crippen molar-refractivity contribution >= 4 is 17.9 Å². The molecule has 0 aliphatic carbocycles. The molecule has 2 atom stereocenters. The Bertz CT molecular complexity index is 1900. The van der Waals surface area contributed by atoms with Gasteiger partial charge in [-0.15, -0.1) is 0 Å². The van der Waals surface area contributed by atoms with E-state index in [0.29, 0.717) is 17.4 Å². The predicted molar refractivity (Wildman–Crippen MR) is 364 cm³/mol. The van der Waals surface area contributed by atoms with Crippen molar-refractivity contribution in [1.82, 2.24) is 0 Å². The first kappa shape index (κ1) is 80.2. The lowest BCUT2D eigenvalue weighted by molar-refractivity contribution is -0.870. The number of unbranched alkanes of at least 4 members (excludes halogenated alkanes) is 22. The van der Waals surface area contributed by atoms with Crippen molar-refractivity contribution in [2.45, 2.75) is 270 Å². The summed E-state index contributed by atoms with van der Waals surface area (Å²) in [5, 5.41) is 9.74. The van der Waals surface area contributed by atoms with Crippen molar-refractivity contribution in [3.63, 3.8) is 0 Å². The molecule has 0 spiro atoms. The van der Waals surface area contributed by atoms with E-state index < -0.39 is 24.3 Å². The summed E-state index contributed by atoms with van der Waals surface area (Å²) in [4.78, 5) is 37.6. The zero-order valence-electron chi connectivity index (χ0n) is 55.0. The largest absolute Gasteiger partial charge is 0.477 e. The van der Waals surface area contributed by atoms with E-state index in [-0.39, 0.29) is 38.6 Å². The van der Waals surface area contributed by atoms with Crippen LogP contribution in [0, 0.1) is 0 Å². The highest BCUT2D eigenvalue weighted by Crippen LogP contribution is 2.16. The first-order valence-corrected chi connectivity index (χ1v) is 34.0. The molecule has 482 valence electrons. The zero-order valence-corrected chi connectivity index (χ0v) is 55.0.